The van der Waals surface area contributed by atoms with Gasteiger partial charge in [-0.25, -0.2) is 0 Å². The van der Waals surface area contributed by atoms with E-state index in [1.807, 2.05) is 0 Å². The van der Waals surface area contributed by atoms with Gasteiger partial charge in [0.2, 0.25) is 5.91 Å². The molecule has 0 aromatic rings. The minimum Gasteiger partial charge on any atom is -0.352 e. The zero-order chi connectivity index (χ0) is 11.7. The van der Waals surface area contributed by atoms with Crippen molar-refractivity contribution in [1.82, 2.24) is 10.6 Å². The molecule has 0 aromatic heterocycles. The van der Waals surface area contributed by atoms with Crippen LogP contribution < -0.4 is 10.6 Å². The third-order valence-corrected chi connectivity index (χ3v) is 2.68. The summed E-state index contributed by atoms with van der Waals surface area (Å²) in [5, 5.41) is 6.24. The molecule has 0 aliphatic rings. The largest absolute Gasteiger partial charge is 0.352 e. The molecule has 0 bridgehead atoms. The number of amides is 1. The van der Waals surface area contributed by atoms with Gasteiger partial charge in [-0.15, -0.1) is 0 Å². The summed E-state index contributed by atoms with van der Waals surface area (Å²) in [6.07, 6.45) is 4.29. The van der Waals surface area contributed by atoms with Gasteiger partial charge in [0.05, 0.1) is 6.54 Å². The molecule has 2 N–H and O–H groups in total. The Morgan fingerprint density at radius 2 is 1.80 bits per heavy atom. The second-order valence-electron chi connectivity index (χ2n) is 4.15. The van der Waals surface area contributed by atoms with E-state index in [9.17, 15) is 4.79 Å². The van der Waals surface area contributed by atoms with Gasteiger partial charge in [-0.05, 0) is 26.2 Å². The number of carbonyl (C=O) groups is 1. The second kappa shape index (κ2) is 8.72. The summed E-state index contributed by atoms with van der Waals surface area (Å²) < 4.78 is 0. The van der Waals surface area contributed by atoms with Crippen LogP contribution in [0.5, 0.6) is 0 Å². The predicted octanol–water partition coefficient (Wildman–Crippen LogP) is 2.07. The average Bonchev–Trinajstić information content (AvgIpc) is 2.23. The molecule has 0 aliphatic carbocycles. The molecule has 0 heterocycles. The molecule has 0 spiro atoms. The Morgan fingerprint density at radius 3 is 2.27 bits per heavy atom. The van der Waals surface area contributed by atoms with Gasteiger partial charge < -0.3 is 10.6 Å². The van der Waals surface area contributed by atoms with Gasteiger partial charge in [-0.1, -0.05) is 27.2 Å². The Balaban J connectivity index is 3.64. The van der Waals surface area contributed by atoms with Crippen LogP contribution in [-0.4, -0.2) is 24.5 Å². The lowest BCUT2D eigenvalue weighted by molar-refractivity contribution is -0.121. The van der Waals surface area contributed by atoms with Crippen molar-refractivity contribution in [2.75, 3.05) is 6.54 Å². The van der Waals surface area contributed by atoms with Gasteiger partial charge in [0, 0.05) is 12.1 Å². The van der Waals surface area contributed by atoms with Crippen molar-refractivity contribution in [3.8, 4) is 0 Å². The van der Waals surface area contributed by atoms with Crippen molar-refractivity contribution in [2.24, 2.45) is 0 Å². The molecule has 0 saturated carbocycles. The second-order valence-corrected chi connectivity index (χ2v) is 4.15. The normalized spacial score (nSPS) is 12.9. The Bertz CT molecular complexity index is 167. The molecule has 90 valence electrons. The van der Waals surface area contributed by atoms with Crippen LogP contribution in [-0.2, 0) is 4.79 Å². The van der Waals surface area contributed by atoms with Gasteiger partial charge in [0.15, 0.2) is 0 Å². The number of hydrogen-bond donors (Lipinski definition) is 2. The first-order chi connectivity index (χ1) is 7.13. The van der Waals surface area contributed by atoms with E-state index in [4.69, 9.17) is 0 Å². The van der Waals surface area contributed by atoms with Gasteiger partial charge >= 0.3 is 0 Å². The first kappa shape index (κ1) is 14.4. The van der Waals surface area contributed by atoms with E-state index in [1.54, 1.807) is 0 Å². The zero-order valence-corrected chi connectivity index (χ0v) is 10.6. The standard InChI is InChI=1S/C12H26N2O/c1-5-8-10(4)13-9-12(15)14-11(6-2)7-3/h10-11,13H,5-9H2,1-4H3,(H,14,15). The Hall–Kier alpha value is -0.570. The molecule has 0 rings (SSSR count). The topological polar surface area (TPSA) is 41.1 Å². The average molecular weight is 214 g/mol. The van der Waals surface area contributed by atoms with Crippen LogP contribution in [0, 0.1) is 0 Å². The van der Waals surface area contributed by atoms with Crippen molar-refractivity contribution in [3.63, 3.8) is 0 Å². The predicted molar refractivity (Wildman–Crippen MR) is 64.9 cm³/mol. The SMILES string of the molecule is CCCC(C)NCC(=O)NC(CC)CC. The summed E-state index contributed by atoms with van der Waals surface area (Å²) in [5.74, 6) is 0.117. The van der Waals surface area contributed by atoms with Crippen LogP contribution in [0.4, 0.5) is 0 Å². The lowest BCUT2D eigenvalue weighted by Gasteiger charge is -2.17. The highest BCUT2D eigenvalue weighted by atomic mass is 16.1. The van der Waals surface area contributed by atoms with E-state index in [-0.39, 0.29) is 5.91 Å². The van der Waals surface area contributed by atoms with Crippen molar-refractivity contribution < 1.29 is 4.79 Å². The third kappa shape index (κ3) is 7.37. The van der Waals surface area contributed by atoms with Gasteiger partial charge in [-0.2, -0.15) is 0 Å². The lowest BCUT2D eigenvalue weighted by atomic mass is 10.1. The van der Waals surface area contributed by atoms with Gasteiger partial charge in [-0.3, -0.25) is 4.79 Å². The highest BCUT2D eigenvalue weighted by molar-refractivity contribution is 5.78. The molecule has 3 nitrogen and oxygen atoms in total. The summed E-state index contributed by atoms with van der Waals surface area (Å²) in [5.41, 5.74) is 0. The highest BCUT2D eigenvalue weighted by Gasteiger charge is 2.08. The fourth-order valence-electron chi connectivity index (χ4n) is 1.57. The summed E-state index contributed by atoms with van der Waals surface area (Å²) in [6, 6.07) is 0.767. The Morgan fingerprint density at radius 1 is 1.20 bits per heavy atom. The first-order valence-electron chi connectivity index (χ1n) is 6.16. The molecule has 1 atom stereocenters. The molecular formula is C12H26N2O. The Labute approximate surface area is 94.0 Å². The number of hydrogen-bond acceptors (Lipinski definition) is 2. The van der Waals surface area contributed by atoms with Crippen molar-refractivity contribution in [3.05, 3.63) is 0 Å². The minimum atomic E-state index is 0.117. The van der Waals surface area contributed by atoms with Crippen LogP contribution in [0.3, 0.4) is 0 Å². The third-order valence-electron chi connectivity index (χ3n) is 2.68. The number of carbonyl (C=O) groups excluding carboxylic acids is 1. The molecule has 0 fully saturated rings. The van der Waals surface area contributed by atoms with Crippen LogP contribution in [0.15, 0.2) is 0 Å². The molecular weight excluding hydrogens is 188 g/mol. The van der Waals surface area contributed by atoms with Crippen molar-refractivity contribution >= 4 is 5.91 Å². The fraction of sp³-hybridized carbons (Fsp3) is 0.917. The number of rotatable bonds is 8. The maximum atomic E-state index is 11.5. The molecule has 0 radical (unpaired) electrons. The summed E-state index contributed by atoms with van der Waals surface area (Å²) in [7, 11) is 0. The minimum absolute atomic E-state index is 0.117. The summed E-state index contributed by atoms with van der Waals surface area (Å²) in [4.78, 5) is 11.5. The maximum absolute atomic E-state index is 11.5. The van der Waals surface area contributed by atoms with E-state index < -0.39 is 0 Å². The van der Waals surface area contributed by atoms with Crippen LogP contribution >= 0.6 is 0 Å². The lowest BCUT2D eigenvalue weighted by Crippen LogP contribution is -2.42. The van der Waals surface area contributed by atoms with Crippen molar-refractivity contribution in [2.45, 2.75) is 65.5 Å². The summed E-state index contributed by atoms with van der Waals surface area (Å²) in [6.45, 7) is 8.91. The highest BCUT2D eigenvalue weighted by Crippen LogP contribution is 1.96. The van der Waals surface area contributed by atoms with Crippen molar-refractivity contribution in [1.29, 1.82) is 0 Å². The van der Waals surface area contributed by atoms with E-state index in [0.717, 1.165) is 25.7 Å². The number of nitrogens with one attached hydrogen (secondary N) is 2. The zero-order valence-electron chi connectivity index (χ0n) is 10.6. The molecule has 1 unspecified atom stereocenters. The van der Waals surface area contributed by atoms with E-state index in [2.05, 4.69) is 38.3 Å². The molecule has 1 amide bonds. The monoisotopic (exact) mass is 214 g/mol. The summed E-state index contributed by atoms with van der Waals surface area (Å²) >= 11 is 0. The van der Waals surface area contributed by atoms with Gasteiger partial charge in [0.25, 0.3) is 0 Å². The smallest absolute Gasteiger partial charge is 0.234 e. The molecule has 0 aromatic carbocycles. The van der Waals surface area contributed by atoms with Gasteiger partial charge in [0.1, 0.15) is 0 Å². The Kier molecular flexibility index (Phi) is 8.38. The van der Waals surface area contributed by atoms with Crippen LogP contribution in [0.1, 0.15) is 53.4 Å². The molecule has 15 heavy (non-hydrogen) atoms. The first-order valence-corrected chi connectivity index (χ1v) is 6.16. The van der Waals surface area contributed by atoms with E-state index in [0.29, 0.717) is 18.6 Å². The van der Waals surface area contributed by atoms with Crippen LogP contribution in [0.2, 0.25) is 0 Å². The van der Waals surface area contributed by atoms with Crippen LogP contribution in [0.25, 0.3) is 0 Å². The fourth-order valence-corrected chi connectivity index (χ4v) is 1.57. The maximum Gasteiger partial charge on any atom is 0.234 e. The molecule has 0 aliphatic heterocycles. The quantitative estimate of drug-likeness (QED) is 0.649. The molecule has 0 saturated heterocycles. The van der Waals surface area contributed by atoms with E-state index >= 15 is 0 Å². The molecule has 3 heteroatoms. The van der Waals surface area contributed by atoms with E-state index in [1.165, 1.54) is 0 Å².